The number of nitrogens with zero attached hydrogens (tertiary/aromatic N) is 5. The minimum Gasteiger partial charge on any atom is -0.343 e. The number of benzene rings is 1. The number of hydrogen-bond acceptors (Lipinski definition) is 6. The summed E-state index contributed by atoms with van der Waals surface area (Å²) < 4.78 is 0. The first kappa shape index (κ1) is 21.6. The molecule has 2 aromatic rings. The lowest BCUT2D eigenvalue weighted by Crippen LogP contribution is -2.46. The van der Waals surface area contributed by atoms with Gasteiger partial charge in [-0.1, -0.05) is 0 Å². The van der Waals surface area contributed by atoms with E-state index in [1.807, 2.05) is 13.8 Å². The van der Waals surface area contributed by atoms with Crippen LogP contribution in [0.15, 0.2) is 36.8 Å². The molecule has 1 aromatic heterocycles. The van der Waals surface area contributed by atoms with Gasteiger partial charge in [0.15, 0.2) is 0 Å². The Morgan fingerprint density at radius 1 is 1.09 bits per heavy atom. The highest BCUT2D eigenvalue weighted by Crippen LogP contribution is 2.27. The average molecular weight is 435 g/mol. The van der Waals surface area contributed by atoms with Gasteiger partial charge in [-0.25, -0.2) is 14.9 Å². The maximum atomic E-state index is 13.1. The molecular formula is C23H25N5O4. The Bertz CT molecular complexity index is 1030. The van der Waals surface area contributed by atoms with Gasteiger partial charge in [-0.2, -0.15) is 0 Å². The van der Waals surface area contributed by atoms with Crippen LogP contribution < -0.4 is 4.90 Å². The van der Waals surface area contributed by atoms with Crippen LogP contribution in [-0.2, 0) is 4.79 Å². The molecule has 4 rings (SSSR count). The molecule has 166 valence electrons. The highest BCUT2D eigenvalue weighted by molar-refractivity contribution is 6.33. The highest BCUT2D eigenvalue weighted by Gasteiger charge is 2.38. The van der Waals surface area contributed by atoms with Crippen molar-refractivity contribution in [3.8, 4) is 0 Å². The fraction of sp³-hybridized carbons (Fsp3) is 0.391. The third kappa shape index (κ3) is 3.74. The maximum absolute atomic E-state index is 13.1. The number of piperidine rings is 1. The van der Waals surface area contributed by atoms with E-state index in [2.05, 4.69) is 9.97 Å². The molecule has 1 fully saturated rings. The second-order valence-corrected chi connectivity index (χ2v) is 7.88. The van der Waals surface area contributed by atoms with Crippen molar-refractivity contribution in [3.63, 3.8) is 0 Å². The molecule has 0 saturated carbocycles. The zero-order valence-electron chi connectivity index (χ0n) is 18.2. The first-order chi connectivity index (χ1) is 15.5. The molecule has 0 radical (unpaired) electrons. The van der Waals surface area contributed by atoms with Crippen molar-refractivity contribution < 1.29 is 19.2 Å². The Labute approximate surface area is 186 Å². The predicted molar refractivity (Wildman–Crippen MR) is 116 cm³/mol. The molecule has 1 atom stereocenters. The van der Waals surface area contributed by atoms with Gasteiger partial charge in [0.2, 0.25) is 5.91 Å². The molecule has 0 N–H and O–H groups in total. The molecule has 2 aliphatic rings. The van der Waals surface area contributed by atoms with E-state index in [9.17, 15) is 19.2 Å². The monoisotopic (exact) mass is 435 g/mol. The maximum Gasteiger partial charge on any atom is 0.284 e. The molecule has 3 heterocycles. The van der Waals surface area contributed by atoms with Gasteiger partial charge in [0.1, 0.15) is 12.0 Å². The fourth-order valence-corrected chi connectivity index (χ4v) is 4.30. The highest BCUT2D eigenvalue weighted by atomic mass is 16.2. The van der Waals surface area contributed by atoms with Crippen LogP contribution in [0.4, 0.5) is 5.69 Å². The normalized spacial score (nSPS) is 18.0. The number of hydrogen-bond donors (Lipinski definition) is 0. The number of carbonyl (C=O) groups excluding carboxylic acids is 4. The summed E-state index contributed by atoms with van der Waals surface area (Å²) in [5, 5.41) is 0. The van der Waals surface area contributed by atoms with Gasteiger partial charge in [-0.3, -0.25) is 19.2 Å². The van der Waals surface area contributed by atoms with Crippen molar-refractivity contribution in [2.75, 3.05) is 31.1 Å². The van der Waals surface area contributed by atoms with Gasteiger partial charge in [-0.15, -0.1) is 0 Å². The standard InChI is InChI=1S/C23H25N5O4/c1-3-26(4-2)21(30)16-6-5-11-27(13-16)20(29)15-7-9-17(10-8-15)28-22(31)18-12-24-14-25-19(18)23(28)32/h7-10,12,14,16H,3-6,11,13H2,1-2H3/t16-/m0/s1. The quantitative estimate of drug-likeness (QED) is 0.666. The van der Waals surface area contributed by atoms with E-state index in [1.54, 1.807) is 34.1 Å². The van der Waals surface area contributed by atoms with E-state index in [0.29, 0.717) is 37.4 Å². The summed E-state index contributed by atoms with van der Waals surface area (Å²) in [6.45, 7) is 6.22. The molecule has 32 heavy (non-hydrogen) atoms. The van der Waals surface area contributed by atoms with Crippen molar-refractivity contribution in [1.29, 1.82) is 0 Å². The largest absolute Gasteiger partial charge is 0.343 e. The Hall–Kier alpha value is -3.62. The second-order valence-electron chi connectivity index (χ2n) is 7.88. The van der Waals surface area contributed by atoms with Crippen molar-refractivity contribution in [2.24, 2.45) is 5.92 Å². The van der Waals surface area contributed by atoms with Crippen molar-refractivity contribution >= 4 is 29.3 Å². The van der Waals surface area contributed by atoms with Crippen molar-refractivity contribution in [1.82, 2.24) is 19.8 Å². The fourth-order valence-electron chi connectivity index (χ4n) is 4.30. The van der Waals surface area contributed by atoms with Crippen molar-refractivity contribution in [3.05, 3.63) is 53.6 Å². The van der Waals surface area contributed by atoms with E-state index in [-0.39, 0.29) is 29.0 Å². The topological polar surface area (TPSA) is 104 Å². The van der Waals surface area contributed by atoms with Gasteiger partial charge in [0.25, 0.3) is 17.7 Å². The number of imide groups is 1. The van der Waals surface area contributed by atoms with Gasteiger partial charge < -0.3 is 9.80 Å². The number of rotatable bonds is 5. The average Bonchev–Trinajstić information content (AvgIpc) is 3.09. The predicted octanol–water partition coefficient (Wildman–Crippen LogP) is 2.00. The number of fused-ring (bicyclic) bond motifs is 1. The summed E-state index contributed by atoms with van der Waals surface area (Å²) >= 11 is 0. The smallest absolute Gasteiger partial charge is 0.284 e. The first-order valence-corrected chi connectivity index (χ1v) is 10.8. The number of aromatic nitrogens is 2. The molecule has 9 nitrogen and oxygen atoms in total. The second kappa shape index (κ2) is 8.86. The van der Waals surface area contributed by atoms with E-state index < -0.39 is 11.8 Å². The van der Waals surface area contributed by atoms with Crippen LogP contribution in [0.2, 0.25) is 0 Å². The van der Waals surface area contributed by atoms with Gasteiger partial charge >= 0.3 is 0 Å². The van der Waals surface area contributed by atoms with E-state index in [4.69, 9.17) is 0 Å². The molecule has 0 spiro atoms. The Balaban J connectivity index is 1.48. The molecular weight excluding hydrogens is 410 g/mol. The first-order valence-electron chi connectivity index (χ1n) is 10.8. The van der Waals surface area contributed by atoms with E-state index in [1.165, 1.54) is 12.5 Å². The summed E-state index contributed by atoms with van der Waals surface area (Å²) in [5.41, 5.74) is 1.04. The third-order valence-electron chi connectivity index (χ3n) is 6.06. The zero-order valence-corrected chi connectivity index (χ0v) is 18.2. The molecule has 1 aromatic carbocycles. The summed E-state index contributed by atoms with van der Waals surface area (Å²) in [6, 6.07) is 6.35. The Morgan fingerprint density at radius 3 is 2.47 bits per heavy atom. The van der Waals surface area contributed by atoms with Crippen molar-refractivity contribution in [2.45, 2.75) is 26.7 Å². The van der Waals surface area contributed by atoms with Crippen LogP contribution in [0.25, 0.3) is 0 Å². The molecule has 0 bridgehead atoms. The van der Waals surface area contributed by atoms with Gasteiger partial charge in [0.05, 0.1) is 17.2 Å². The molecule has 2 aliphatic heterocycles. The Kier molecular flexibility index (Phi) is 5.98. The lowest BCUT2D eigenvalue weighted by atomic mass is 9.95. The molecule has 9 heteroatoms. The van der Waals surface area contributed by atoms with Crippen LogP contribution in [-0.4, -0.2) is 69.6 Å². The van der Waals surface area contributed by atoms with Crippen LogP contribution in [0.1, 0.15) is 57.9 Å². The van der Waals surface area contributed by atoms with Crippen LogP contribution in [0, 0.1) is 5.92 Å². The van der Waals surface area contributed by atoms with Crippen LogP contribution >= 0.6 is 0 Å². The summed E-state index contributed by atoms with van der Waals surface area (Å²) in [6.07, 6.45) is 4.11. The number of carbonyl (C=O) groups is 4. The molecule has 0 aliphatic carbocycles. The summed E-state index contributed by atoms with van der Waals surface area (Å²) in [7, 11) is 0. The summed E-state index contributed by atoms with van der Waals surface area (Å²) in [5.74, 6) is -1.26. The number of likely N-dealkylation sites (tertiary alicyclic amines) is 1. The van der Waals surface area contributed by atoms with Gasteiger partial charge in [-0.05, 0) is 51.0 Å². The van der Waals surface area contributed by atoms with Gasteiger partial charge in [0, 0.05) is 37.9 Å². The SMILES string of the molecule is CCN(CC)C(=O)[C@H]1CCCN(C(=O)c2ccc(N3C(=O)c4cncnc4C3=O)cc2)C1. The summed E-state index contributed by atoms with van der Waals surface area (Å²) in [4.78, 5) is 63.2. The molecule has 0 unspecified atom stereocenters. The lowest BCUT2D eigenvalue weighted by Gasteiger charge is -2.34. The molecule has 1 saturated heterocycles. The van der Waals surface area contributed by atoms with E-state index >= 15 is 0 Å². The van der Waals surface area contributed by atoms with E-state index in [0.717, 1.165) is 17.7 Å². The third-order valence-corrected chi connectivity index (χ3v) is 6.06. The van der Waals surface area contributed by atoms with Crippen LogP contribution in [0.3, 0.4) is 0 Å². The Morgan fingerprint density at radius 2 is 1.81 bits per heavy atom. The minimum atomic E-state index is -0.514. The van der Waals surface area contributed by atoms with Crippen LogP contribution in [0.5, 0.6) is 0 Å². The lowest BCUT2D eigenvalue weighted by molar-refractivity contribution is -0.136. The minimum absolute atomic E-state index is 0.0716. The molecule has 4 amide bonds. The zero-order chi connectivity index (χ0) is 22.8. The number of amides is 4. The number of anilines is 1.